The van der Waals surface area contributed by atoms with E-state index in [1.165, 1.54) is 0 Å². The number of ether oxygens (including phenoxy) is 1. The van der Waals surface area contributed by atoms with Crippen LogP contribution >= 0.6 is 0 Å². The minimum Gasteiger partial charge on any atom is -0.385 e. The maximum Gasteiger partial charge on any atom is 0.0474 e. The molecule has 0 aromatic carbocycles. The van der Waals surface area contributed by atoms with Gasteiger partial charge in [0.2, 0.25) is 0 Å². The van der Waals surface area contributed by atoms with Gasteiger partial charge in [-0.3, -0.25) is 0 Å². The molecule has 0 heterocycles. The molecule has 1 unspecified atom stereocenters. The van der Waals surface area contributed by atoms with Gasteiger partial charge < -0.3 is 15.0 Å². The Morgan fingerprint density at radius 2 is 2.17 bits per heavy atom. The van der Waals surface area contributed by atoms with E-state index < -0.39 is 0 Å². The minimum absolute atomic E-state index is 0.604. The van der Waals surface area contributed by atoms with Crippen LogP contribution in [0.3, 0.4) is 0 Å². The molecule has 0 aliphatic carbocycles. The smallest absolute Gasteiger partial charge is 0.0474 e. The summed E-state index contributed by atoms with van der Waals surface area (Å²) in [4.78, 5) is 2.34. The van der Waals surface area contributed by atoms with Crippen molar-refractivity contribution in [1.82, 2.24) is 10.2 Å². The lowest BCUT2D eigenvalue weighted by atomic mass is 10.3. The van der Waals surface area contributed by atoms with Crippen LogP contribution in [0.5, 0.6) is 0 Å². The lowest BCUT2D eigenvalue weighted by Gasteiger charge is -2.24. The highest BCUT2D eigenvalue weighted by molar-refractivity contribution is 4.64. The Bertz CT molecular complexity index is 98.5. The van der Waals surface area contributed by atoms with Gasteiger partial charge in [-0.25, -0.2) is 0 Å². The molecular weight excluding hydrogens is 152 g/mol. The molecule has 0 aliphatic rings. The zero-order valence-electron chi connectivity index (χ0n) is 8.76. The Hall–Kier alpha value is -0.120. The van der Waals surface area contributed by atoms with Crippen molar-refractivity contribution in [3.63, 3.8) is 0 Å². The second kappa shape index (κ2) is 7.53. The molecule has 0 aromatic rings. The van der Waals surface area contributed by atoms with Crippen molar-refractivity contribution in [1.29, 1.82) is 0 Å². The van der Waals surface area contributed by atoms with E-state index >= 15 is 0 Å². The highest BCUT2D eigenvalue weighted by atomic mass is 16.5. The standard InChI is InChI=1S/C9H22N2O/c1-9(8-10-2)11(3)6-5-7-12-4/h9-10H,5-8H2,1-4H3. The molecule has 0 bridgehead atoms. The molecule has 74 valence electrons. The van der Waals surface area contributed by atoms with Crippen LogP contribution in [-0.4, -0.2) is 51.8 Å². The van der Waals surface area contributed by atoms with Crippen molar-refractivity contribution in [2.75, 3.05) is 40.9 Å². The quantitative estimate of drug-likeness (QED) is 0.571. The maximum atomic E-state index is 4.99. The van der Waals surface area contributed by atoms with Crippen LogP contribution in [0.15, 0.2) is 0 Å². The third-order valence-electron chi connectivity index (χ3n) is 2.11. The van der Waals surface area contributed by atoms with E-state index in [1.54, 1.807) is 7.11 Å². The van der Waals surface area contributed by atoms with Crippen molar-refractivity contribution in [3.8, 4) is 0 Å². The van der Waals surface area contributed by atoms with E-state index in [9.17, 15) is 0 Å². The summed E-state index contributed by atoms with van der Waals surface area (Å²) in [5.41, 5.74) is 0. The van der Waals surface area contributed by atoms with E-state index in [0.717, 1.165) is 26.1 Å². The van der Waals surface area contributed by atoms with Gasteiger partial charge in [0.1, 0.15) is 0 Å². The van der Waals surface area contributed by atoms with Crippen LogP contribution in [0.4, 0.5) is 0 Å². The molecule has 0 spiro atoms. The molecule has 0 amide bonds. The summed E-state index contributed by atoms with van der Waals surface area (Å²) in [6, 6.07) is 0.604. The largest absolute Gasteiger partial charge is 0.385 e. The van der Waals surface area contributed by atoms with E-state index in [0.29, 0.717) is 6.04 Å². The minimum atomic E-state index is 0.604. The summed E-state index contributed by atoms with van der Waals surface area (Å²) in [7, 11) is 5.88. The van der Waals surface area contributed by atoms with Gasteiger partial charge in [0.25, 0.3) is 0 Å². The molecule has 0 radical (unpaired) electrons. The van der Waals surface area contributed by atoms with Gasteiger partial charge in [-0.15, -0.1) is 0 Å². The number of rotatable bonds is 7. The van der Waals surface area contributed by atoms with E-state index in [2.05, 4.69) is 24.2 Å². The first-order valence-corrected chi connectivity index (χ1v) is 4.56. The topological polar surface area (TPSA) is 24.5 Å². The molecule has 3 nitrogen and oxygen atoms in total. The van der Waals surface area contributed by atoms with Crippen molar-refractivity contribution < 1.29 is 4.74 Å². The predicted octanol–water partition coefficient (Wildman–Crippen LogP) is 0.563. The van der Waals surface area contributed by atoms with Crippen LogP contribution < -0.4 is 5.32 Å². The summed E-state index contributed by atoms with van der Waals surface area (Å²) in [6.07, 6.45) is 1.11. The Balaban J connectivity index is 3.35. The monoisotopic (exact) mass is 174 g/mol. The number of hydrogen-bond acceptors (Lipinski definition) is 3. The molecule has 0 saturated carbocycles. The second-order valence-corrected chi connectivity index (χ2v) is 3.23. The van der Waals surface area contributed by atoms with E-state index in [4.69, 9.17) is 4.74 Å². The number of hydrogen-bond donors (Lipinski definition) is 1. The fourth-order valence-corrected chi connectivity index (χ4v) is 1.13. The van der Waals surface area contributed by atoms with Crippen LogP contribution in [0.2, 0.25) is 0 Å². The number of nitrogens with one attached hydrogen (secondary N) is 1. The third-order valence-corrected chi connectivity index (χ3v) is 2.11. The summed E-state index contributed by atoms with van der Waals surface area (Å²) >= 11 is 0. The first kappa shape index (κ1) is 11.9. The van der Waals surface area contributed by atoms with Gasteiger partial charge in [-0.2, -0.15) is 0 Å². The zero-order chi connectivity index (χ0) is 9.40. The van der Waals surface area contributed by atoms with Gasteiger partial charge >= 0.3 is 0 Å². The summed E-state index contributed by atoms with van der Waals surface area (Å²) in [5.74, 6) is 0. The highest BCUT2D eigenvalue weighted by Gasteiger charge is 2.06. The van der Waals surface area contributed by atoms with Crippen LogP contribution in [-0.2, 0) is 4.74 Å². The van der Waals surface area contributed by atoms with Crippen LogP contribution in [0, 0.1) is 0 Å². The summed E-state index contributed by atoms with van der Waals surface area (Å²) < 4.78 is 4.99. The average Bonchev–Trinajstić information content (AvgIpc) is 2.05. The number of methoxy groups -OCH3 is 1. The fourth-order valence-electron chi connectivity index (χ4n) is 1.13. The Labute approximate surface area is 76.1 Å². The molecule has 12 heavy (non-hydrogen) atoms. The normalized spacial score (nSPS) is 13.8. The summed E-state index contributed by atoms with van der Waals surface area (Å²) in [6.45, 7) is 5.24. The van der Waals surface area contributed by atoms with Crippen molar-refractivity contribution in [2.45, 2.75) is 19.4 Å². The van der Waals surface area contributed by atoms with Crippen molar-refractivity contribution >= 4 is 0 Å². The van der Waals surface area contributed by atoms with Crippen molar-refractivity contribution in [3.05, 3.63) is 0 Å². The maximum absolute atomic E-state index is 4.99. The van der Waals surface area contributed by atoms with Gasteiger partial charge in [-0.1, -0.05) is 0 Å². The molecule has 0 fully saturated rings. The fraction of sp³-hybridized carbons (Fsp3) is 1.00. The molecule has 3 heteroatoms. The van der Waals surface area contributed by atoms with Gasteiger partial charge in [0.15, 0.2) is 0 Å². The van der Waals surface area contributed by atoms with Gasteiger partial charge in [0.05, 0.1) is 0 Å². The van der Waals surface area contributed by atoms with Crippen LogP contribution in [0.25, 0.3) is 0 Å². The molecule has 0 aromatic heterocycles. The van der Waals surface area contributed by atoms with Crippen molar-refractivity contribution in [2.24, 2.45) is 0 Å². The first-order chi connectivity index (χ1) is 5.72. The summed E-state index contributed by atoms with van der Waals surface area (Å²) in [5, 5.41) is 3.17. The van der Waals surface area contributed by atoms with Crippen LogP contribution in [0.1, 0.15) is 13.3 Å². The number of likely N-dealkylation sites (N-methyl/N-ethyl adjacent to an activating group) is 2. The molecule has 1 atom stereocenters. The molecular formula is C9H22N2O. The lowest BCUT2D eigenvalue weighted by Crippen LogP contribution is -2.37. The van der Waals surface area contributed by atoms with Gasteiger partial charge in [0, 0.05) is 32.8 Å². The molecule has 0 rings (SSSR count). The second-order valence-electron chi connectivity index (χ2n) is 3.23. The van der Waals surface area contributed by atoms with E-state index in [-0.39, 0.29) is 0 Å². The third kappa shape index (κ3) is 5.52. The Kier molecular flexibility index (Phi) is 7.45. The SMILES string of the molecule is CNCC(C)N(C)CCCOC. The predicted molar refractivity (Wildman–Crippen MR) is 52.5 cm³/mol. The zero-order valence-corrected chi connectivity index (χ0v) is 8.76. The molecule has 1 N–H and O–H groups in total. The Morgan fingerprint density at radius 1 is 1.50 bits per heavy atom. The van der Waals surface area contributed by atoms with Gasteiger partial charge in [-0.05, 0) is 27.4 Å². The first-order valence-electron chi connectivity index (χ1n) is 4.56. The lowest BCUT2D eigenvalue weighted by molar-refractivity contribution is 0.168. The average molecular weight is 174 g/mol. The number of nitrogens with zero attached hydrogens (tertiary/aromatic N) is 1. The molecule has 0 saturated heterocycles. The van der Waals surface area contributed by atoms with E-state index in [1.807, 2.05) is 7.05 Å². The Morgan fingerprint density at radius 3 is 2.67 bits per heavy atom. The molecule has 0 aliphatic heterocycles. The highest BCUT2D eigenvalue weighted by Crippen LogP contribution is 1.95.